The largest absolute Gasteiger partial charge is 0.480 e. The van der Waals surface area contributed by atoms with Gasteiger partial charge in [-0.3, -0.25) is 4.79 Å². The molecule has 8 heteroatoms. The number of imidazole rings is 1. The Hall–Kier alpha value is -1.86. The van der Waals surface area contributed by atoms with Crippen molar-refractivity contribution in [2.75, 3.05) is 0 Å². The number of hydrogen-bond acceptors (Lipinski definition) is 3. The van der Waals surface area contributed by atoms with Crippen molar-refractivity contribution in [1.82, 2.24) is 15.3 Å². The van der Waals surface area contributed by atoms with Crippen LogP contribution in [0.15, 0.2) is 35.2 Å². The highest BCUT2D eigenvalue weighted by Crippen LogP contribution is 2.23. The van der Waals surface area contributed by atoms with E-state index in [2.05, 4.69) is 31.2 Å². The summed E-state index contributed by atoms with van der Waals surface area (Å²) in [5.41, 5.74) is 0.946. The quantitative estimate of drug-likeness (QED) is 0.750. The van der Waals surface area contributed by atoms with E-state index in [1.54, 1.807) is 6.07 Å². The third-order valence-corrected chi connectivity index (χ3v) is 3.98. The molecule has 1 atom stereocenters. The third kappa shape index (κ3) is 4.05. The van der Waals surface area contributed by atoms with Crippen molar-refractivity contribution in [2.24, 2.45) is 0 Å². The third-order valence-electron chi connectivity index (χ3n) is 2.76. The van der Waals surface area contributed by atoms with Crippen molar-refractivity contribution >= 4 is 39.4 Å². The molecule has 6 nitrogen and oxygen atoms in total. The van der Waals surface area contributed by atoms with Crippen LogP contribution >= 0.6 is 27.5 Å². The molecule has 1 amide bonds. The van der Waals surface area contributed by atoms with Gasteiger partial charge in [-0.2, -0.15) is 0 Å². The van der Waals surface area contributed by atoms with Gasteiger partial charge in [0.2, 0.25) is 0 Å². The Balaban J connectivity index is 2.10. The van der Waals surface area contributed by atoms with Crippen molar-refractivity contribution in [3.63, 3.8) is 0 Å². The van der Waals surface area contributed by atoms with Gasteiger partial charge >= 0.3 is 5.97 Å². The Morgan fingerprint density at radius 3 is 2.81 bits per heavy atom. The molecule has 3 N–H and O–H groups in total. The van der Waals surface area contributed by atoms with Crippen molar-refractivity contribution in [3.05, 3.63) is 51.5 Å². The van der Waals surface area contributed by atoms with E-state index in [0.29, 0.717) is 20.8 Å². The molecule has 0 bridgehead atoms. The number of carbonyl (C=O) groups excluding carboxylic acids is 1. The second kappa shape index (κ2) is 6.73. The fraction of sp³-hybridized carbons (Fsp3) is 0.154. The first-order chi connectivity index (χ1) is 9.97. The number of H-pyrrole nitrogens is 1. The van der Waals surface area contributed by atoms with Gasteiger partial charge in [0.25, 0.3) is 5.91 Å². The van der Waals surface area contributed by atoms with E-state index in [-0.39, 0.29) is 6.42 Å². The summed E-state index contributed by atoms with van der Waals surface area (Å²) in [5, 5.41) is 12.1. The summed E-state index contributed by atoms with van der Waals surface area (Å²) >= 11 is 9.07. The minimum Gasteiger partial charge on any atom is -0.480 e. The molecule has 1 unspecified atom stereocenters. The molecule has 0 aliphatic heterocycles. The predicted octanol–water partition coefficient (Wildman–Crippen LogP) is 2.25. The molecular formula is C13H11BrClN3O3. The average molecular weight is 373 g/mol. The summed E-state index contributed by atoms with van der Waals surface area (Å²) in [6, 6.07) is 3.57. The highest BCUT2D eigenvalue weighted by Gasteiger charge is 2.22. The average Bonchev–Trinajstić information content (AvgIpc) is 2.93. The van der Waals surface area contributed by atoms with E-state index in [9.17, 15) is 14.7 Å². The van der Waals surface area contributed by atoms with Crippen LogP contribution in [0.25, 0.3) is 0 Å². The van der Waals surface area contributed by atoms with Gasteiger partial charge in [0.05, 0.1) is 11.3 Å². The lowest BCUT2D eigenvalue weighted by atomic mass is 10.1. The van der Waals surface area contributed by atoms with Crippen LogP contribution in [0.5, 0.6) is 0 Å². The Labute approximate surface area is 133 Å². The fourth-order valence-corrected chi connectivity index (χ4v) is 2.19. The number of benzene rings is 1. The number of aliphatic carboxylic acids is 1. The lowest BCUT2D eigenvalue weighted by Gasteiger charge is -2.14. The number of aromatic nitrogens is 2. The first-order valence-electron chi connectivity index (χ1n) is 5.93. The molecule has 1 heterocycles. The first kappa shape index (κ1) is 15.5. The minimum absolute atomic E-state index is 0.121. The number of carbonyl (C=O) groups is 2. The van der Waals surface area contributed by atoms with Gasteiger partial charge in [0.1, 0.15) is 6.04 Å². The van der Waals surface area contributed by atoms with E-state index in [0.717, 1.165) is 0 Å². The lowest BCUT2D eigenvalue weighted by Crippen LogP contribution is -2.42. The van der Waals surface area contributed by atoms with Crippen molar-refractivity contribution in [3.8, 4) is 0 Å². The molecule has 0 radical (unpaired) electrons. The number of nitrogens with zero attached hydrogens (tertiary/aromatic N) is 1. The van der Waals surface area contributed by atoms with Crippen molar-refractivity contribution < 1.29 is 14.7 Å². The Morgan fingerprint density at radius 2 is 2.24 bits per heavy atom. The number of nitrogens with one attached hydrogen (secondary N) is 2. The molecule has 0 aliphatic carbocycles. The molecular weight excluding hydrogens is 362 g/mol. The van der Waals surface area contributed by atoms with Crippen LogP contribution in [0.2, 0.25) is 5.02 Å². The number of hydrogen-bond donors (Lipinski definition) is 3. The first-order valence-corrected chi connectivity index (χ1v) is 7.10. The van der Waals surface area contributed by atoms with Crippen LogP contribution < -0.4 is 5.32 Å². The van der Waals surface area contributed by atoms with Crippen molar-refractivity contribution in [2.45, 2.75) is 12.5 Å². The van der Waals surface area contributed by atoms with Gasteiger partial charge in [0, 0.05) is 28.3 Å². The molecule has 1 aromatic heterocycles. The standard InChI is InChI=1S/C13H11BrClN3O3/c14-9-3-7(1-2-10(9)15)12(19)18-11(13(20)21)4-8-5-16-6-17-8/h1-3,5-6,11H,4H2,(H,16,17)(H,18,19)(H,20,21). The Bertz CT molecular complexity index is 661. The normalized spacial score (nSPS) is 11.9. The molecule has 2 aromatic rings. The van der Waals surface area contributed by atoms with Gasteiger partial charge in [0.15, 0.2) is 0 Å². The maximum absolute atomic E-state index is 12.1. The SMILES string of the molecule is O=C(NC(Cc1cnc[nH]1)C(=O)O)c1ccc(Cl)c(Br)c1. The van der Waals surface area contributed by atoms with Crippen LogP contribution in [0.1, 0.15) is 16.1 Å². The molecule has 110 valence electrons. The Kier molecular flexibility index (Phi) is 4.98. The Morgan fingerprint density at radius 1 is 1.48 bits per heavy atom. The molecule has 0 saturated heterocycles. The maximum atomic E-state index is 12.1. The number of carboxylic acids is 1. The fourth-order valence-electron chi connectivity index (χ4n) is 1.70. The summed E-state index contributed by atoms with van der Waals surface area (Å²) in [6.45, 7) is 0. The van der Waals surface area contributed by atoms with Crippen LogP contribution in [0, 0.1) is 0 Å². The van der Waals surface area contributed by atoms with Crippen LogP contribution in [0.4, 0.5) is 0 Å². The zero-order valence-electron chi connectivity index (χ0n) is 10.6. The smallest absolute Gasteiger partial charge is 0.326 e. The van der Waals surface area contributed by atoms with Gasteiger partial charge < -0.3 is 15.4 Å². The lowest BCUT2D eigenvalue weighted by molar-refractivity contribution is -0.139. The molecule has 1 aromatic carbocycles. The van der Waals surface area contributed by atoms with Crippen LogP contribution in [-0.2, 0) is 11.2 Å². The van der Waals surface area contributed by atoms with E-state index in [1.807, 2.05) is 0 Å². The summed E-state index contributed by atoms with van der Waals surface area (Å²) in [7, 11) is 0. The van der Waals surface area contributed by atoms with Crippen LogP contribution in [0.3, 0.4) is 0 Å². The van der Waals surface area contributed by atoms with E-state index in [1.165, 1.54) is 24.7 Å². The second-order valence-corrected chi connectivity index (χ2v) is 5.54. The minimum atomic E-state index is -1.12. The zero-order valence-corrected chi connectivity index (χ0v) is 13.0. The number of aromatic amines is 1. The van der Waals surface area contributed by atoms with Crippen LogP contribution in [-0.4, -0.2) is 33.0 Å². The van der Waals surface area contributed by atoms with Gasteiger partial charge in [-0.1, -0.05) is 11.6 Å². The highest BCUT2D eigenvalue weighted by atomic mass is 79.9. The summed E-state index contributed by atoms with van der Waals surface area (Å²) in [5.74, 6) is -1.61. The summed E-state index contributed by atoms with van der Waals surface area (Å²) in [6.07, 6.45) is 3.09. The number of rotatable bonds is 5. The highest BCUT2D eigenvalue weighted by molar-refractivity contribution is 9.10. The molecule has 21 heavy (non-hydrogen) atoms. The van der Waals surface area contributed by atoms with E-state index in [4.69, 9.17) is 11.6 Å². The number of amides is 1. The topological polar surface area (TPSA) is 95.1 Å². The predicted molar refractivity (Wildman–Crippen MR) is 80.3 cm³/mol. The van der Waals surface area contributed by atoms with Gasteiger partial charge in [-0.25, -0.2) is 9.78 Å². The summed E-state index contributed by atoms with van der Waals surface area (Å²) < 4.78 is 0.567. The summed E-state index contributed by atoms with van der Waals surface area (Å²) in [4.78, 5) is 29.9. The molecule has 0 saturated carbocycles. The van der Waals surface area contributed by atoms with E-state index < -0.39 is 17.9 Å². The van der Waals surface area contributed by atoms with Gasteiger partial charge in [-0.05, 0) is 34.1 Å². The number of carboxylic acid groups (broad SMARTS) is 1. The molecule has 2 rings (SSSR count). The monoisotopic (exact) mass is 371 g/mol. The van der Waals surface area contributed by atoms with E-state index >= 15 is 0 Å². The molecule has 0 spiro atoms. The molecule has 0 fully saturated rings. The van der Waals surface area contributed by atoms with Gasteiger partial charge in [-0.15, -0.1) is 0 Å². The zero-order chi connectivity index (χ0) is 15.4. The molecule has 0 aliphatic rings. The number of halogens is 2. The second-order valence-electron chi connectivity index (χ2n) is 4.27. The van der Waals surface area contributed by atoms with Crippen molar-refractivity contribution in [1.29, 1.82) is 0 Å². The maximum Gasteiger partial charge on any atom is 0.326 e.